The van der Waals surface area contributed by atoms with Gasteiger partial charge in [-0.25, -0.2) is 25.9 Å². The Balaban J connectivity index is 1.63. The first-order valence-corrected chi connectivity index (χ1v) is 13.8. The van der Waals surface area contributed by atoms with Crippen LogP contribution in [0.1, 0.15) is 34.8 Å². The number of halogens is 1. The van der Waals surface area contributed by atoms with Crippen LogP contribution in [0.3, 0.4) is 0 Å². The maximum Gasteiger partial charge on any atom is 0.240 e. The Bertz CT molecular complexity index is 1270. The highest BCUT2D eigenvalue weighted by molar-refractivity contribution is 7.93. The van der Waals surface area contributed by atoms with Crippen molar-refractivity contribution in [2.45, 2.75) is 40.0 Å². The minimum Gasteiger partial charge on any atom is -0.222 e. The second kappa shape index (κ2) is 8.82. The van der Waals surface area contributed by atoms with Crippen LogP contribution >= 0.6 is 11.3 Å². The number of thiophene rings is 1. The Morgan fingerprint density at radius 2 is 1.65 bits per heavy atom. The topological polar surface area (TPSA) is 80.3 Å². The highest BCUT2D eigenvalue weighted by atomic mass is 32.2. The zero-order chi connectivity index (χ0) is 22.1. The van der Waals surface area contributed by atoms with Crippen LogP contribution in [-0.4, -0.2) is 23.4 Å². The minimum atomic E-state index is -3.92. The molecular formula is C22H22FNO4S3. The molecule has 0 amide bonds. The fourth-order valence-corrected chi connectivity index (χ4v) is 7.87. The highest BCUT2D eigenvalue weighted by Gasteiger charge is 2.31. The monoisotopic (exact) mass is 479 g/mol. The molecule has 4 rings (SSSR count). The van der Waals surface area contributed by atoms with Gasteiger partial charge < -0.3 is 0 Å². The molecule has 1 atom stereocenters. The number of hydrogen-bond acceptors (Lipinski definition) is 5. The van der Waals surface area contributed by atoms with Gasteiger partial charge in [0.05, 0.1) is 4.90 Å². The number of nitrogens with one attached hydrogen (secondary N) is 1. The SMILES string of the molecule is O=S(=O)(NCC(c1ccc(F)cc1)S(=O)(=O)c1cccs1)c1ccc2c(c1)CCCC2. The molecular weight excluding hydrogens is 457 g/mol. The maximum atomic E-state index is 13.4. The van der Waals surface area contributed by atoms with Gasteiger partial charge in [-0.1, -0.05) is 24.3 Å². The second-order valence-corrected chi connectivity index (χ2v) is 12.6. The van der Waals surface area contributed by atoms with E-state index in [-0.39, 0.29) is 15.6 Å². The van der Waals surface area contributed by atoms with Crippen LogP contribution in [0.5, 0.6) is 0 Å². The Labute approximate surface area is 185 Å². The lowest BCUT2D eigenvalue weighted by molar-refractivity contribution is 0.569. The van der Waals surface area contributed by atoms with E-state index < -0.39 is 30.9 Å². The molecule has 1 aliphatic rings. The number of aryl methyl sites for hydroxylation is 2. The molecule has 164 valence electrons. The van der Waals surface area contributed by atoms with Gasteiger partial charge in [-0.2, -0.15) is 0 Å². The molecule has 9 heteroatoms. The smallest absolute Gasteiger partial charge is 0.222 e. The van der Waals surface area contributed by atoms with E-state index in [2.05, 4.69) is 4.72 Å². The zero-order valence-electron chi connectivity index (χ0n) is 16.6. The first kappa shape index (κ1) is 22.1. The minimum absolute atomic E-state index is 0.125. The second-order valence-electron chi connectivity index (χ2n) is 7.51. The van der Waals surface area contributed by atoms with Crippen molar-refractivity contribution in [3.8, 4) is 0 Å². The van der Waals surface area contributed by atoms with E-state index in [1.807, 2.05) is 6.07 Å². The highest BCUT2D eigenvalue weighted by Crippen LogP contribution is 2.32. The fourth-order valence-electron chi connectivity index (χ4n) is 3.80. The summed E-state index contributed by atoms with van der Waals surface area (Å²) in [6.07, 6.45) is 3.89. The third-order valence-corrected chi connectivity index (χ3v) is 10.4. The summed E-state index contributed by atoms with van der Waals surface area (Å²) in [5.41, 5.74) is 2.51. The summed E-state index contributed by atoms with van der Waals surface area (Å²) in [7, 11) is -7.79. The molecule has 0 saturated heterocycles. The van der Waals surface area contributed by atoms with Gasteiger partial charge in [0, 0.05) is 6.54 Å². The number of fused-ring (bicyclic) bond motifs is 1. The molecule has 5 nitrogen and oxygen atoms in total. The summed E-state index contributed by atoms with van der Waals surface area (Å²) in [4.78, 5) is 0.125. The predicted octanol–water partition coefficient (Wildman–Crippen LogP) is 4.26. The van der Waals surface area contributed by atoms with Crippen LogP contribution in [0.4, 0.5) is 4.39 Å². The van der Waals surface area contributed by atoms with Crippen molar-refractivity contribution < 1.29 is 21.2 Å². The van der Waals surface area contributed by atoms with Crippen molar-refractivity contribution in [3.05, 3.63) is 82.5 Å². The third kappa shape index (κ3) is 4.74. The molecule has 0 spiro atoms. The third-order valence-electron chi connectivity index (χ3n) is 5.48. The standard InChI is InChI=1S/C22H22FNO4S3/c23-19-10-7-17(8-11-19)21(30(25,26)22-6-3-13-29-22)15-24-31(27,28)20-12-9-16-4-1-2-5-18(16)14-20/h3,6-14,21,24H,1-2,4-5,15H2. The van der Waals surface area contributed by atoms with E-state index in [9.17, 15) is 21.2 Å². The summed E-state index contributed by atoms with van der Waals surface area (Å²) in [6, 6.07) is 13.3. The molecule has 31 heavy (non-hydrogen) atoms. The molecule has 1 heterocycles. The van der Waals surface area contributed by atoms with Crippen molar-refractivity contribution in [2.75, 3.05) is 6.54 Å². The lowest BCUT2D eigenvalue weighted by Crippen LogP contribution is -2.32. The van der Waals surface area contributed by atoms with Crippen molar-refractivity contribution in [1.29, 1.82) is 0 Å². The molecule has 1 N–H and O–H groups in total. The molecule has 0 radical (unpaired) electrons. The fraction of sp³-hybridized carbons (Fsp3) is 0.273. The van der Waals surface area contributed by atoms with Crippen LogP contribution < -0.4 is 4.72 Å². The largest absolute Gasteiger partial charge is 0.240 e. The molecule has 3 aromatic rings. The number of rotatable bonds is 7. The summed E-state index contributed by atoms with van der Waals surface area (Å²) >= 11 is 1.06. The average molecular weight is 480 g/mol. The van der Waals surface area contributed by atoms with Crippen molar-refractivity contribution in [3.63, 3.8) is 0 Å². The molecule has 1 aromatic heterocycles. The van der Waals surface area contributed by atoms with Gasteiger partial charge in [-0.3, -0.25) is 0 Å². The Hall–Kier alpha value is -2.07. The number of benzene rings is 2. The van der Waals surface area contributed by atoms with Crippen LogP contribution in [0, 0.1) is 5.82 Å². The van der Waals surface area contributed by atoms with Crippen molar-refractivity contribution in [2.24, 2.45) is 0 Å². The van der Waals surface area contributed by atoms with Gasteiger partial charge in [-0.05, 0) is 78.1 Å². The summed E-state index contributed by atoms with van der Waals surface area (Å²) in [5, 5.41) is 0.463. The Morgan fingerprint density at radius 3 is 2.32 bits per heavy atom. The first-order chi connectivity index (χ1) is 14.8. The lowest BCUT2D eigenvalue weighted by atomic mass is 9.92. The van der Waals surface area contributed by atoms with Gasteiger partial charge in [0.2, 0.25) is 10.0 Å². The van der Waals surface area contributed by atoms with E-state index in [4.69, 9.17) is 0 Å². The zero-order valence-corrected chi connectivity index (χ0v) is 19.1. The van der Waals surface area contributed by atoms with Crippen molar-refractivity contribution in [1.82, 2.24) is 4.72 Å². The molecule has 2 aromatic carbocycles. The quantitative estimate of drug-likeness (QED) is 0.549. The van der Waals surface area contributed by atoms with Crippen LogP contribution in [0.25, 0.3) is 0 Å². The van der Waals surface area contributed by atoms with Gasteiger partial charge in [0.1, 0.15) is 15.3 Å². The van der Waals surface area contributed by atoms with Crippen LogP contribution in [-0.2, 0) is 32.7 Å². The van der Waals surface area contributed by atoms with E-state index in [0.29, 0.717) is 5.56 Å². The van der Waals surface area contributed by atoms with E-state index >= 15 is 0 Å². The van der Waals surface area contributed by atoms with Crippen LogP contribution in [0.2, 0.25) is 0 Å². The molecule has 0 aliphatic heterocycles. The number of hydrogen-bond donors (Lipinski definition) is 1. The lowest BCUT2D eigenvalue weighted by Gasteiger charge is -2.19. The van der Waals surface area contributed by atoms with E-state index in [0.717, 1.165) is 48.1 Å². The summed E-state index contributed by atoms with van der Waals surface area (Å²) < 4.78 is 68.3. The Kier molecular flexibility index (Phi) is 6.30. The predicted molar refractivity (Wildman–Crippen MR) is 119 cm³/mol. The normalized spacial score (nSPS) is 15.4. The van der Waals surface area contributed by atoms with Gasteiger partial charge in [0.15, 0.2) is 9.84 Å². The summed E-state index contributed by atoms with van der Waals surface area (Å²) in [5.74, 6) is -0.495. The first-order valence-electron chi connectivity index (χ1n) is 9.92. The Morgan fingerprint density at radius 1 is 0.935 bits per heavy atom. The van der Waals surface area contributed by atoms with Gasteiger partial charge in [-0.15, -0.1) is 11.3 Å². The molecule has 1 unspecified atom stereocenters. The van der Waals surface area contributed by atoms with Gasteiger partial charge >= 0.3 is 0 Å². The number of sulfone groups is 1. The van der Waals surface area contributed by atoms with Crippen LogP contribution in [0.15, 0.2) is 69.1 Å². The maximum absolute atomic E-state index is 13.4. The van der Waals surface area contributed by atoms with Crippen molar-refractivity contribution >= 4 is 31.2 Å². The summed E-state index contributed by atoms with van der Waals surface area (Å²) in [6.45, 7) is -0.356. The molecule has 0 saturated carbocycles. The van der Waals surface area contributed by atoms with E-state index in [1.54, 1.807) is 23.6 Å². The molecule has 0 bridgehead atoms. The number of sulfonamides is 1. The molecule has 0 fully saturated rings. The van der Waals surface area contributed by atoms with E-state index in [1.165, 1.54) is 30.3 Å². The van der Waals surface area contributed by atoms with Gasteiger partial charge in [0.25, 0.3) is 0 Å². The molecule has 1 aliphatic carbocycles. The average Bonchev–Trinajstić information content (AvgIpc) is 3.30.